The van der Waals surface area contributed by atoms with Crippen LogP contribution in [0.2, 0.25) is 0 Å². The van der Waals surface area contributed by atoms with E-state index >= 15 is 0 Å². The molecule has 142 valence electrons. The number of carbonyl (C=O) groups excluding carboxylic acids is 2. The van der Waals surface area contributed by atoms with Gasteiger partial charge in [0, 0.05) is 23.2 Å². The van der Waals surface area contributed by atoms with Crippen LogP contribution in [0.3, 0.4) is 0 Å². The summed E-state index contributed by atoms with van der Waals surface area (Å²) in [6.45, 7) is 6.03. The third-order valence-corrected chi connectivity index (χ3v) is 5.48. The Kier molecular flexibility index (Phi) is 5.94. The minimum absolute atomic E-state index is 0.0187. The van der Waals surface area contributed by atoms with Gasteiger partial charge in [0.05, 0.1) is 0 Å². The average molecular weight is 364 g/mol. The van der Waals surface area contributed by atoms with E-state index in [9.17, 15) is 9.59 Å². The minimum Gasteiger partial charge on any atom is -0.326 e. The second-order valence-corrected chi connectivity index (χ2v) is 7.66. The normalized spacial score (nSPS) is 19.4. The summed E-state index contributed by atoms with van der Waals surface area (Å²) in [6, 6.07) is 13.9. The summed E-state index contributed by atoms with van der Waals surface area (Å²) in [5, 5.41) is 6.11. The molecule has 3 rings (SSSR count). The molecule has 0 saturated heterocycles. The van der Waals surface area contributed by atoms with E-state index in [-0.39, 0.29) is 23.7 Å². The Morgan fingerprint density at radius 3 is 1.85 bits per heavy atom. The van der Waals surface area contributed by atoms with Crippen molar-refractivity contribution in [2.75, 3.05) is 10.6 Å². The van der Waals surface area contributed by atoms with Gasteiger partial charge in [-0.25, -0.2) is 0 Å². The van der Waals surface area contributed by atoms with E-state index < -0.39 is 0 Å². The van der Waals surface area contributed by atoms with Crippen LogP contribution in [0.25, 0.3) is 0 Å². The van der Waals surface area contributed by atoms with Crippen molar-refractivity contribution in [3.63, 3.8) is 0 Å². The van der Waals surface area contributed by atoms with Gasteiger partial charge in [-0.2, -0.15) is 0 Å². The number of hydrogen-bond donors (Lipinski definition) is 2. The fourth-order valence-corrected chi connectivity index (χ4v) is 3.82. The SMILES string of the molecule is Cc1cccc(NC(=O)C2CCC(C(=O)Nc3c(C)cccc3C)CC2)c1. The van der Waals surface area contributed by atoms with Gasteiger partial charge >= 0.3 is 0 Å². The van der Waals surface area contributed by atoms with Crippen LogP contribution in [-0.4, -0.2) is 11.8 Å². The van der Waals surface area contributed by atoms with Crippen molar-refractivity contribution in [3.8, 4) is 0 Å². The van der Waals surface area contributed by atoms with Gasteiger partial charge < -0.3 is 10.6 Å². The fourth-order valence-electron chi connectivity index (χ4n) is 3.82. The zero-order valence-corrected chi connectivity index (χ0v) is 16.3. The molecule has 0 radical (unpaired) electrons. The number of hydrogen-bond acceptors (Lipinski definition) is 2. The van der Waals surface area contributed by atoms with Crippen LogP contribution in [0, 0.1) is 32.6 Å². The first-order valence-electron chi connectivity index (χ1n) is 9.68. The van der Waals surface area contributed by atoms with Gasteiger partial charge in [-0.05, 0) is 75.3 Å². The second kappa shape index (κ2) is 8.38. The molecule has 1 aliphatic rings. The molecule has 0 aromatic heterocycles. The number of anilines is 2. The lowest BCUT2D eigenvalue weighted by molar-refractivity contribution is -0.125. The summed E-state index contributed by atoms with van der Waals surface area (Å²) in [4.78, 5) is 25.2. The van der Waals surface area contributed by atoms with Gasteiger partial charge in [0.1, 0.15) is 0 Å². The molecule has 0 unspecified atom stereocenters. The lowest BCUT2D eigenvalue weighted by atomic mass is 9.81. The molecule has 0 spiro atoms. The van der Waals surface area contributed by atoms with E-state index in [1.165, 1.54) is 0 Å². The number of benzene rings is 2. The molecule has 2 aromatic carbocycles. The predicted octanol–water partition coefficient (Wildman–Crippen LogP) is 5.00. The number of rotatable bonds is 4. The molecule has 1 aliphatic carbocycles. The number of aryl methyl sites for hydroxylation is 3. The first-order chi connectivity index (χ1) is 12.9. The van der Waals surface area contributed by atoms with E-state index in [4.69, 9.17) is 0 Å². The van der Waals surface area contributed by atoms with Crippen molar-refractivity contribution >= 4 is 23.2 Å². The molecule has 2 N–H and O–H groups in total. The van der Waals surface area contributed by atoms with Gasteiger partial charge in [-0.15, -0.1) is 0 Å². The highest BCUT2D eigenvalue weighted by Crippen LogP contribution is 2.31. The Bertz CT molecular complexity index is 816. The van der Waals surface area contributed by atoms with Gasteiger partial charge in [-0.1, -0.05) is 30.3 Å². The van der Waals surface area contributed by atoms with Crippen molar-refractivity contribution in [1.82, 2.24) is 0 Å². The molecule has 27 heavy (non-hydrogen) atoms. The highest BCUT2D eigenvalue weighted by molar-refractivity contribution is 5.95. The van der Waals surface area contributed by atoms with Crippen LogP contribution in [0.5, 0.6) is 0 Å². The highest BCUT2D eigenvalue weighted by atomic mass is 16.2. The molecule has 1 fully saturated rings. The summed E-state index contributed by atoms with van der Waals surface area (Å²) in [5.74, 6) is 0.0981. The van der Waals surface area contributed by atoms with Crippen molar-refractivity contribution < 1.29 is 9.59 Å². The van der Waals surface area contributed by atoms with Crippen LogP contribution < -0.4 is 10.6 Å². The second-order valence-electron chi connectivity index (χ2n) is 7.66. The quantitative estimate of drug-likeness (QED) is 0.802. The zero-order valence-electron chi connectivity index (χ0n) is 16.3. The summed E-state index contributed by atoms with van der Waals surface area (Å²) >= 11 is 0. The highest BCUT2D eigenvalue weighted by Gasteiger charge is 2.30. The smallest absolute Gasteiger partial charge is 0.227 e. The van der Waals surface area contributed by atoms with Crippen molar-refractivity contribution in [1.29, 1.82) is 0 Å². The van der Waals surface area contributed by atoms with E-state index in [1.807, 2.05) is 63.2 Å². The monoisotopic (exact) mass is 364 g/mol. The maximum absolute atomic E-state index is 12.7. The van der Waals surface area contributed by atoms with Crippen molar-refractivity contribution in [2.24, 2.45) is 11.8 Å². The maximum atomic E-state index is 12.7. The number of amides is 2. The third-order valence-electron chi connectivity index (χ3n) is 5.48. The Hall–Kier alpha value is -2.62. The lowest BCUT2D eigenvalue weighted by Crippen LogP contribution is -2.32. The molecule has 0 bridgehead atoms. The van der Waals surface area contributed by atoms with E-state index in [1.54, 1.807) is 0 Å². The molecule has 4 nitrogen and oxygen atoms in total. The first-order valence-corrected chi connectivity index (χ1v) is 9.68. The summed E-state index contributed by atoms with van der Waals surface area (Å²) in [5.41, 5.74) is 5.04. The van der Waals surface area contributed by atoms with Crippen molar-refractivity contribution in [3.05, 3.63) is 59.2 Å². The van der Waals surface area contributed by atoms with Gasteiger partial charge in [0.25, 0.3) is 0 Å². The van der Waals surface area contributed by atoms with Crippen LogP contribution in [0.1, 0.15) is 42.4 Å². The van der Waals surface area contributed by atoms with Crippen molar-refractivity contribution in [2.45, 2.75) is 46.5 Å². The lowest BCUT2D eigenvalue weighted by Gasteiger charge is -2.27. The molecule has 1 saturated carbocycles. The zero-order chi connectivity index (χ0) is 19.4. The standard InChI is InChI=1S/C23H28N2O2/c1-15-6-4-9-20(14-15)24-22(26)18-10-12-19(13-11-18)23(27)25-21-16(2)7-5-8-17(21)3/h4-9,14,18-19H,10-13H2,1-3H3,(H,24,26)(H,25,27). The topological polar surface area (TPSA) is 58.2 Å². The van der Waals surface area contributed by atoms with Crippen LogP contribution in [0.15, 0.2) is 42.5 Å². The maximum Gasteiger partial charge on any atom is 0.227 e. The first kappa shape index (κ1) is 19.2. The van der Waals surface area contributed by atoms with Crippen LogP contribution >= 0.6 is 0 Å². The van der Waals surface area contributed by atoms with Crippen LogP contribution in [-0.2, 0) is 9.59 Å². The number of nitrogens with one attached hydrogen (secondary N) is 2. The van der Waals surface area contributed by atoms with Gasteiger partial charge in [0.15, 0.2) is 0 Å². The van der Waals surface area contributed by atoms with Gasteiger partial charge in [0.2, 0.25) is 11.8 Å². The molecule has 0 heterocycles. The van der Waals surface area contributed by atoms with E-state index in [0.29, 0.717) is 0 Å². The molecule has 0 aliphatic heterocycles. The molecular weight excluding hydrogens is 336 g/mol. The average Bonchev–Trinajstić information content (AvgIpc) is 2.65. The minimum atomic E-state index is -0.0213. The molecule has 4 heteroatoms. The van der Waals surface area contributed by atoms with Crippen LogP contribution in [0.4, 0.5) is 11.4 Å². The molecule has 2 amide bonds. The summed E-state index contributed by atoms with van der Waals surface area (Å²) < 4.78 is 0. The Labute approximate surface area is 161 Å². The Morgan fingerprint density at radius 2 is 1.30 bits per heavy atom. The van der Waals surface area contributed by atoms with E-state index in [2.05, 4.69) is 10.6 Å². The molecule has 0 atom stereocenters. The third kappa shape index (κ3) is 4.76. The molecule has 2 aromatic rings. The number of carbonyl (C=O) groups is 2. The predicted molar refractivity (Wildman–Crippen MR) is 110 cm³/mol. The van der Waals surface area contributed by atoms with Gasteiger partial charge in [-0.3, -0.25) is 9.59 Å². The fraction of sp³-hybridized carbons (Fsp3) is 0.391. The Balaban J connectivity index is 1.53. The summed E-state index contributed by atoms with van der Waals surface area (Å²) in [6.07, 6.45) is 3.01. The largest absolute Gasteiger partial charge is 0.326 e. The number of para-hydroxylation sites is 1. The summed E-state index contributed by atoms with van der Waals surface area (Å²) in [7, 11) is 0. The molecular formula is C23H28N2O2. The Morgan fingerprint density at radius 1 is 0.778 bits per heavy atom. The van der Waals surface area contributed by atoms with E-state index in [0.717, 1.165) is 53.7 Å².